The van der Waals surface area contributed by atoms with Crippen molar-refractivity contribution in [1.29, 1.82) is 0 Å². The van der Waals surface area contributed by atoms with Crippen LogP contribution in [0.4, 0.5) is 4.39 Å². The van der Waals surface area contributed by atoms with E-state index in [2.05, 4.69) is 6.58 Å². The summed E-state index contributed by atoms with van der Waals surface area (Å²) in [7, 11) is 0. The summed E-state index contributed by atoms with van der Waals surface area (Å²) in [4.78, 5) is 0. The summed E-state index contributed by atoms with van der Waals surface area (Å²) in [5.74, 6) is 0. The maximum absolute atomic E-state index is 10.9. The minimum Gasteiger partial charge on any atom is -0.250 e. The van der Waals surface area contributed by atoms with Crippen molar-refractivity contribution in [3.8, 4) is 0 Å². The summed E-state index contributed by atoms with van der Waals surface area (Å²) in [6, 6.07) is 0. The zero-order valence-electron chi connectivity index (χ0n) is 2.95. The number of hydrogen-bond acceptors (Lipinski definition) is 0. The molecule has 1 heteroatoms. The smallest absolute Gasteiger partial charge is 0.0963 e. The van der Waals surface area contributed by atoms with Crippen LogP contribution in [0.2, 0.25) is 0 Å². The molecule has 0 aliphatic carbocycles. The first-order valence-corrected chi connectivity index (χ1v) is 1.42. The van der Waals surface area contributed by atoms with Crippen molar-refractivity contribution in [2.24, 2.45) is 0 Å². The van der Waals surface area contributed by atoms with Gasteiger partial charge in [-0.2, -0.15) is 0 Å². The number of alkyl halides is 1. The molecule has 0 saturated carbocycles. The minimum atomic E-state index is -0.399. The van der Waals surface area contributed by atoms with Crippen LogP contribution in [-0.2, 0) is 0 Å². The van der Waals surface area contributed by atoms with Crippen LogP contribution >= 0.6 is 0 Å². The number of allylic oxidation sites excluding steroid dienone is 1. The number of hydrogen-bond donors (Lipinski definition) is 0. The van der Waals surface area contributed by atoms with Crippen molar-refractivity contribution < 1.29 is 4.39 Å². The van der Waals surface area contributed by atoms with Gasteiger partial charge in [-0.1, -0.05) is 6.08 Å². The van der Waals surface area contributed by atoms with Gasteiger partial charge in [-0.15, -0.1) is 6.58 Å². The fraction of sp³-hybridized carbons (Fsp3) is 0.250. The van der Waals surface area contributed by atoms with Crippen molar-refractivity contribution in [3.05, 3.63) is 19.1 Å². The van der Waals surface area contributed by atoms with Crippen molar-refractivity contribution in [3.63, 3.8) is 0 Å². The zero-order chi connectivity index (χ0) is 4.12. The molecule has 0 N–H and O–H groups in total. The molecule has 0 nitrogen and oxygen atoms in total. The second-order valence-corrected chi connectivity index (χ2v) is 0.626. The van der Waals surface area contributed by atoms with Gasteiger partial charge in [0.25, 0.3) is 0 Å². The van der Waals surface area contributed by atoms with E-state index in [0.29, 0.717) is 0 Å². The van der Waals surface area contributed by atoms with Crippen LogP contribution in [0, 0.1) is 6.42 Å². The number of rotatable bonds is 2. The lowest BCUT2D eigenvalue weighted by Gasteiger charge is -1.69. The predicted molar refractivity (Wildman–Crippen MR) is 20.5 cm³/mol. The first-order chi connectivity index (χ1) is 2.41. The molecule has 0 aromatic carbocycles. The second kappa shape index (κ2) is 3.67. The Labute approximate surface area is 31.3 Å². The van der Waals surface area contributed by atoms with Crippen molar-refractivity contribution in [2.45, 2.75) is 0 Å². The first-order valence-electron chi connectivity index (χ1n) is 1.42. The van der Waals surface area contributed by atoms with Crippen LogP contribution in [0.15, 0.2) is 12.7 Å². The Morgan fingerprint density at radius 3 is 2.40 bits per heavy atom. The molecular weight excluding hydrogens is 67.0 g/mol. The SMILES string of the molecule is C=C[CH]CF. The summed E-state index contributed by atoms with van der Waals surface area (Å²) in [6.07, 6.45) is 2.78. The van der Waals surface area contributed by atoms with Gasteiger partial charge in [0.1, 0.15) is 0 Å². The van der Waals surface area contributed by atoms with E-state index in [1.807, 2.05) is 0 Å². The Balaban J connectivity index is 2.40. The maximum atomic E-state index is 10.9. The molecule has 29 valence electrons. The van der Waals surface area contributed by atoms with Crippen LogP contribution in [0.1, 0.15) is 0 Å². The van der Waals surface area contributed by atoms with E-state index in [1.165, 1.54) is 12.5 Å². The summed E-state index contributed by atoms with van der Waals surface area (Å²) < 4.78 is 10.9. The average Bonchev–Trinajstić information content (AvgIpc) is 1.41. The molecule has 0 rings (SSSR count). The second-order valence-electron chi connectivity index (χ2n) is 0.626. The van der Waals surface area contributed by atoms with Crippen LogP contribution in [-0.4, -0.2) is 6.67 Å². The van der Waals surface area contributed by atoms with Gasteiger partial charge in [0.15, 0.2) is 0 Å². The van der Waals surface area contributed by atoms with Gasteiger partial charge in [0.05, 0.1) is 6.67 Å². The third kappa shape index (κ3) is 3.67. The van der Waals surface area contributed by atoms with E-state index in [9.17, 15) is 4.39 Å². The standard InChI is InChI=1S/C4H6F/c1-2-3-4-5/h2-3H,1,4H2. The van der Waals surface area contributed by atoms with Crippen molar-refractivity contribution in [2.75, 3.05) is 6.67 Å². The Bertz CT molecular complexity index is 24.8. The quantitative estimate of drug-likeness (QED) is 0.462. The van der Waals surface area contributed by atoms with Gasteiger partial charge < -0.3 is 0 Å². The summed E-state index contributed by atoms with van der Waals surface area (Å²) in [6.45, 7) is 2.86. The molecule has 0 bridgehead atoms. The molecule has 0 amide bonds. The summed E-state index contributed by atoms with van der Waals surface area (Å²) >= 11 is 0. The highest BCUT2D eigenvalue weighted by atomic mass is 19.1. The van der Waals surface area contributed by atoms with Crippen molar-refractivity contribution >= 4 is 0 Å². The van der Waals surface area contributed by atoms with Crippen molar-refractivity contribution in [1.82, 2.24) is 0 Å². The highest BCUT2D eigenvalue weighted by Gasteiger charge is 1.66. The highest BCUT2D eigenvalue weighted by Crippen LogP contribution is 1.73. The lowest BCUT2D eigenvalue weighted by Crippen LogP contribution is -1.64. The third-order valence-corrected chi connectivity index (χ3v) is 0.256. The molecule has 0 aromatic heterocycles. The molecule has 0 atom stereocenters. The number of halogens is 1. The molecule has 1 radical (unpaired) electrons. The Morgan fingerprint density at radius 2 is 2.40 bits per heavy atom. The molecule has 0 aromatic rings. The fourth-order valence-electron chi connectivity index (χ4n) is 0.0630. The molecule has 0 aliphatic heterocycles. The third-order valence-electron chi connectivity index (χ3n) is 0.256. The van der Waals surface area contributed by atoms with Gasteiger partial charge in [-0.25, -0.2) is 0 Å². The van der Waals surface area contributed by atoms with E-state index in [1.54, 1.807) is 0 Å². The Kier molecular flexibility index (Phi) is 3.43. The first kappa shape index (κ1) is 4.67. The van der Waals surface area contributed by atoms with Gasteiger partial charge in [0, 0.05) is 6.42 Å². The van der Waals surface area contributed by atoms with E-state index < -0.39 is 6.67 Å². The van der Waals surface area contributed by atoms with Crippen LogP contribution in [0.5, 0.6) is 0 Å². The summed E-state index contributed by atoms with van der Waals surface area (Å²) in [5.41, 5.74) is 0. The minimum absolute atomic E-state index is 0.399. The Hall–Kier alpha value is -0.330. The largest absolute Gasteiger partial charge is 0.250 e. The van der Waals surface area contributed by atoms with Gasteiger partial charge in [-0.3, -0.25) is 4.39 Å². The van der Waals surface area contributed by atoms with Crippen LogP contribution in [0.3, 0.4) is 0 Å². The predicted octanol–water partition coefficient (Wildman–Crippen LogP) is 1.35. The summed E-state index contributed by atoms with van der Waals surface area (Å²) in [5, 5.41) is 0. The monoisotopic (exact) mass is 73.0 g/mol. The van der Waals surface area contributed by atoms with Crippen LogP contribution in [0.25, 0.3) is 0 Å². The molecule has 0 spiro atoms. The van der Waals surface area contributed by atoms with E-state index >= 15 is 0 Å². The zero-order valence-corrected chi connectivity index (χ0v) is 2.95. The molecule has 5 heavy (non-hydrogen) atoms. The van der Waals surface area contributed by atoms with Gasteiger partial charge in [-0.05, 0) is 0 Å². The van der Waals surface area contributed by atoms with Gasteiger partial charge in [0.2, 0.25) is 0 Å². The van der Waals surface area contributed by atoms with E-state index in [4.69, 9.17) is 0 Å². The lowest BCUT2D eigenvalue weighted by molar-refractivity contribution is 0.546. The molecule has 0 fully saturated rings. The van der Waals surface area contributed by atoms with Gasteiger partial charge >= 0.3 is 0 Å². The lowest BCUT2D eigenvalue weighted by atomic mass is 10.5. The molecule has 0 unspecified atom stereocenters. The molecule has 0 aliphatic rings. The topological polar surface area (TPSA) is 0 Å². The fourth-order valence-corrected chi connectivity index (χ4v) is 0.0630. The average molecular weight is 73.1 g/mol. The molecular formula is C4H6F. The molecule has 0 saturated heterocycles. The Morgan fingerprint density at radius 1 is 1.80 bits per heavy atom. The highest BCUT2D eigenvalue weighted by molar-refractivity contribution is 4.84. The van der Waals surface area contributed by atoms with E-state index in [0.717, 1.165) is 0 Å². The van der Waals surface area contributed by atoms with Crippen LogP contribution < -0.4 is 0 Å². The van der Waals surface area contributed by atoms with E-state index in [-0.39, 0.29) is 0 Å². The maximum Gasteiger partial charge on any atom is 0.0963 e. The normalized spacial score (nSPS) is 7.40. The molecule has 0 heterocycles.